The third kappa shape index (κ3) is 2.99. The zero-order valence-corrected chi connectivity index (χ0v) is 10.1. The second-order valence-corrected chi connectivity index (χ2v) is 5.04. The van der Waals surface area contributed by atoms with Gasteiger partial charge in [0.05, 0.1) is 0 Å². The van der Waals surface area contributed by atoms with E-state index in [1.807, 2.05) is 12.1 Å². The van der Waals surface area contributed by atoms with Gasteiger partial charge in [0.15, 0.2) is 0 Å². The lowest BCUT2D eigenvalue weighted by Gasteiger charge is -2.27. The number of benzene rings is 1. The maximum atomic E-state index is 5.92. The minimum absolute atomic E-state index is 0.691. The Kier molecular flexibility index (Phi) is 3.83. The number of nitrogen functional groups attached to an aromatic ring is 1. The standard InChI is InChI=1S/C14H22N2/c1-11-6-8-13(9-7-11)16-10-12-4-2-3-5-14(12)15/h2-5,11,13,16H,6-10,15H2,1H3. The van der Waals surface area contributed by atoms with E-state index in [1.54, 1.807) is 0 Å². The first-order chi connectivity index (χ1) is 7.75. The number of anilines is 1. The maximum Gasteiger partial charge on any atom is 0.0359 e. The van der Waals surface area contributed by atoms with Crippen molar-refractivity contribution in [2.45, 2.75) is 45.2 Å². The molecular weight excluding hydrogens is 196 g/mol. The summed E-state index contributed by atoms with van der Waals surface area (Å²) in [5.41, 5.74) is 8.04. The van der Waals surface area contributed by atoms with Gasteiger partial charge in [-0.3, -0.25) is 0 Å². The molecule has 88 valence electrons. The lowest BCUT2D eigenvalue weighted by atomic mass is 9.87. The molecule has 1 aliphatic carbocycles. The van der Waals surface area contributed by atoms with Gasteiger partial charge in [0, 0.05) is 18.3 Å². The summed E-state index contributed by atoms with van der Waals surface area (Å²) in [6, 6.07) is 8.81. The van der Waals surface area contributed by atoms with Gasteiger partial charge < -0.3 is 11.1 Å². The molecule has 0 unspecified atom stereocenters. The van der Waals surface area contributed by atoms with Crippen LogP contribution in [0.5, 0.6) is 0 Å². The van der Waals surface area contributed by atoms with Crippen LogP contribution in [0.1, 0.15) is 38.2 Å². The maximum absolute atomic E-state index is 5.92. The van der Waals surface area contributed by atoms with Crippen molar-refractivity contribution < 1.29 is 0 Å². The third-order valence-electron chi connectivity index (χ3n) is 3.65. The quantitative estimate of drug-likeness (QED) is 0.765. The van der Waals surface area contributed by atoms with Crippen molar-refractivity contribution >= 4 is 5.69 Å². The second kappa shape index (κ2) is 5.35. The van der Waals surface area contributed by atoms with Crippen LogP contribution in [0.3, 0.4) is 0 Å². The number of nitrogens with one attached hydrogen (secondary N) is 1. The molecule has 1 aromatic carbocycles. The highest BCUT2D eigenvalue weighted by molar-refractivity contribution is 5.46. The second-order valence-electron chi connectivity index (χ2n) is 5.04. The molecule has 1 saturated carbocycles. The largest absolute Gasteiger partial charge is 0.398 e. The predicted octanol–water partition coefficient (Wildman–Crippen LogP) is 2.94. The molecule has 1 aromatic rings. The molecule has 1 aliphatic rings. The van der Waals surface area contributed by atoms with Crippen molar-refractivity contribution in [2.24, 2.45) is 5.92 Å². The summed E-state index contributed by atoms with van der Waals surface area (Å²) < 4.78 is 0. The van der Waals surface area contributed by atoms with Gasteiger partial charge in [-0.1, -0.05) is 25.1 Å². The van der Waals surface area contributed by atoms with Crippen molar-refractivity contribution in [3.63, 3.8) is 0 Å². The Morgan fingerprint density at radius 2 is 1.88 bits per heavy atom. The predicted molar refractivity (Wildman–Crippen MR) is 69.1 cm³/mol. The van der Waals surface area contributed by atoms with Crippen LogP contribution in [0, 0.1) is 5.92 Å². The summed E-state index contributed by atoms with van der Waals surface area (Å²) in [6.45, 7) is 3.26. The van der Waals surface area contributed by atoms with Gasteiger partial charge in [-0.2, -0.15) is 0 Å². The highest BCUT2D eigenvalue weighted by Gasteiger charge is 2.17. The number of hydrogen-bond donors (Lipinski definition) is 2. The van der Waals surface area contributed by atoms with Crippen LogP contribution >= 0.6 is 0 Å². The van der Waals surface area contributed by atoms with E-state index in [-0.39, 0.29) is 0 Å². The van der Waals surface area contributed by atoms with Crippen molar-refractivity contribution in [1.29, 1.82) is 0 Å². The first-order valence-corrected chi connectivity index (χ1v) is 6.32. The van der Waals surface area contributed by atoms with Crippen LogP contribution in [-0.4, -0.2) is 6.04 Å². The molecule has 0 spiro atoms. The summed E-state index contributed by atoms with van der Waals surface area (Å²) in [7, 11) is 0. The lowest BCUT2D eigenvalue weighted by Crippen LogP contribution is -2.32. The minimum Gasteiger partial charge on any atom is -0.398 e. The molecule has 2 heteroatoms. The van der Waals surface area contributed by atoms with Crippen molar-refractivity contribution in [3.8, 4) is 0 Å². The number of hydrogen-bond acceptors (Lipinski definition) is 2. The molecular formula is C14H22N2. The molecule has 0 radical (unpaired) electrons. The third-order valence-corrected chi connectivity index (χ3v) is 3.65. The fourth-order valence-corrected chi connectivity index (χ4v) is 2.41. The highest BCUT2D eigenvalue weighted by atomic mass is 14.9. The fraction of sp³-hybridized carbons (Fsp3) is 0.571. The summed E-state index contributed by atoms with van der Waals surface area (Å²) in [6.07, 6.45) is 5.35. The van der Waals surface area contributed by atoms with E-state index >= 15 is 0 Å². The van der Waals surface area contributed by atoms with Crippen molar-refractivity contribution in [2.75, 3.05) is 5.73 Å². The smallest absolute Gasteiger partial charge is 0.0359 e. The van der Waals surface area contributed by atoms with E-state index in [0.717, 1.165) is 18.2 Å². The van der Waals surface area contributed by atoms with Gasteiger partial charge in [-0.15, -0.1) is 0 Å². The molecule has 0 atom stereocenters. The van der Waals surface area contributed by atoms with E-state index in [1.165, 1.54) is 31.2 Å². The first-order valence-electron chi connectivity index (χ1n) is 6.32. The minimum atomic E-state index is 0.691. The van der Waals surface area contributed by atoms with Gasteiger partial charge in [0.1, 0.15) is 0 Å². The molecule has 0 amide bonds. The molecule has 16 heavy (non-hydrogen) atoms. The Morgan fingerprint density at radius 3 is 2.56 bits per heavy atom. The van der Waals surface area contributed by atoms with Gasteiger partial charge in [0.25, 0.3) is 0 Å². The van der Waals surface area contributed by atoms with Gasteiger partial charge in [-0.25, -0.2) is 0 Å². The molecule has 3 N–H and O–H groups in total. The molecule has 0 aromatic heterocycles. The van der Waals surface area contributed by atoms with Crippen LogP contribution in [0.4, 0.5) is 5.69 Å². The van der Waals surface area contributed by atoms with Gasteiger partial charge >= 0.3 is 0 Å². The van der Waals surface area contributed by atoms with E-state index in [4.69, 9.17) is 5.73 Å². The number of para-hydroxylation sites is 1. The van der Waals surface area contributed by atoms with Crippen molar-refractivity contribution in [3.05, 3.63) is 29.8 Å². The molecule has 2 rings (SSSR count). The Labute approximate surface area is 98.2 Å². The van der Waals surface area contributed by atoms with Crippen LogP contribution < -0.4 is 11.1 Å². The normalized spacial score (nSPS) is 25.6. The molecule has 0 aliphatic heterocycles. The van der Waals surface area contributed by atoms with E-state index in [0.29, 0.717) is 6.04 Å². The van der Waals surface area contributed by atoms with Crippen LogP contribution in [0.25, 0.3) is 0 Å². The molecule has 1 fully saturated rings. The molecule has 0 bridgehead atoms. The summed E-state index contributed by atoms with van der Waals surface area (Å²) in [4.78, 5) is 0. The Hall–Kier alpha value is -1.02. The molecule has 0 saturated heterocycles. The van der Waals surface area contributed by atoms with Gasteiger partial charge in [0.2, 0.25) is 0 Å². The van der Waals surface area contributed by atoms with E-state index in [9.17, 15) is 0 Å². The Bertz CT molecular complexity index is 327. The topological polar surface area (TPSA) is 38.0 Å². The average Bonchev–Trinajstić information content (AvgIpc) is 2.30. The van der Waals surface area contributed by atoms with Gasteiger partial charge in [-0.05, 0) is 43.2 Å². The summed E-state index contributed by atoms with van der Waals surface area (Å²) in [5.74, 6) is 0.917. The van der Waals surface area contributed by atoms with Crippen LogP contribution in [0.15, 0.2) is 24.3 Å². The molecule has 0 heterocycles. The van der Waals surface area contributed by atoms with E-state index in [2.05, 4.69) is 24.4 Å². The monoisotopic (exact) mass is 218 g/mol. The summed E-state index contributed by atoms with van der Waals surface area (Å²) in [5, 5.41) is 3.62. The molecule has 2 nitrogen and oxygen atoms in total. The Morgan fingerprint density at radius 1 is 1.19 bits per heavy atom. The SMILES string of the molecule is CC1CCC(NCc2ccccc2N)CC1. The first kappa shape index (κ1) is 11.5. The fourth-order valence-electron chi connectivity index (χ4n) is 2.41. The van der Waals surface area contributed by atoms with Crippen molar-refractivity contribution in [1.82, 2.24) is 5.32 Å². The lowest BCUT2D eigenvalue weighted by molar-refractivity contribution is 0.306. The number of rotatable bonds is 3. The zero-order valence-electron chi connectivity index (χ0n) is 10.1. The Balaban J connectivity index is 1.81. The van der Waals surface area contributed by atoms with Crippen LogP contribution in [-0.2, 0) is 6.54 Å². The highest BCUT2D eigenvalue weighted by Crippen LogP contribution is 2.23. The van der Waals surface area contributed by atoms with E-state index < -0.39 is 0 Å². The van der Waals surface area contributed by atoms with Crippen LogP contribution in [0.2, 0.25) is 0 Å². The summed E-state index contributed by atoms with van der Waals surface area (Å²) >= 11 is 0. The average molecular weight is 218 g/mol. The zero-order chi connectivity index (χ0) is 11.4. The number of nitrogens with two attached hydrogens (primary N) is 1.